The molecule has 2 aromatic heterocycles. The maximum absolute atomic E-state index is 14.5. The molecular formula is C17H18ClFN4O2S2. The summed E-state index contributed by atoms with van der Waals surface area (Å²) in [4.78, 5) is 7.31. The molecule has 27 heavy (non-hydrogen) atoms. The molecule has 1 atom stereocenters. The van der Waals surface area contributed by atoms with Gasteiger partial charge in [-0.25, -0.2) is 17.8 Å². The number of pyridine rings is 1. The van der Waals surface area contributed by atoms with E-state index in [1.807, 2.05) is 13.0 Å². The van der Waals surface area contributed by atoms with Crippen LogP contribution in [-0.4, -0.2) is 18.4 Å². The Balaban J connectivity index is 0.00000261. The van der Waals surface area contributed by atoms with Crippen LogP contribution in [0.25, 0.3) is 0 Å². The number of nitrogens with zero attached hydrogens (tertiary/aromatic N) is 2. The number of hydrogen-bond acceptors (Lipinski definition) is 6. The number of hydrogen-bond donors (Lipinski definition) is 2. The fourth-order valence-electron chi connectivity index (χ4n) is 2.24. The molecule has 0 saturated heterocycles. The highest BCUT2D eigenvalue weighted by molar-refractivity contribution is 7.93. The van der Waals surface area contributed by atoms with Gasteiger partial charge >= 0.3 is 0 Å². The minimum Gasteiger partial charge on any atom is -0.377 e. The summed E-state index contributed by atoms with van der Waals surface area (Å²) in [6.45, 7) is 1.86. The third-order valence-corrected chi connectivity index (χ3v) is 6.01. The molecule has 0 saturated carbocycles. The Bertz CT molecular complexity index is 999. The summed E-state index contributed by atoms with van der Waals surface area (Å²) in [6, 6.07) is 5.59. The third-order valence-electron chi connectivity index (χ3n) is 3.52. The number of halogens is 2. The summed E-state index contributed by atoms with van der Waals surface area (Å²) in [5.74, 6) is -0.917. The van der Waals surface area contributed by atoms with Gasteiger partial charge in [0.25, 0.3) is 10.0 Å². The summed E-state index contributed by atoms with van der Waals surface area (Å²) in [5.41, 5.74) is 1.17. The average Bonchev–Trinajstić information content (AvgIpc) is 3.10. The van der Waals surface area contributed by atoms with E-state index >= 15 is 0 Å². The van der Waals surface area contributed by atoms with Gasteiger partial charge < -0.3 is 5.32 Å². The fourth-order valence-corrected chi connectivity index (χ4v) is 4.40. The maximum Gasteiger partial charge on any atom is 0.266 e. The van der Waals surface area contributed by atoms with E-state index in [2.05, 4.69) is 20.0 Å². The molecule has 0 unspecified atom stereocenters. The number of aromatic nitrogens is 2. The van der Waals surface area contributed by atoms with Crippen molar-refractivity contribution in [3.8, 4) is 0 Å². The van der Waals surface area contributed by atoms with E-state index < -0.39 is 20.7 Å². The Morgan fingerprint density at radius 3 is 2.70 bits per heavy atom. The van der Waals surface area contributed by atoms with E-state index in [1.54, 1.807) is 23.8 Å². The van der Waals surface area contributed by atoms with Crippen molar-refractivity contribution < 1.29 is 12.8 Å². The topological polar surface area (TPSA) is 84.0 Å². The first-order valence-corrected chi connectivity index (χ1v) is 10.2. The first kappa shape index (κ1) is 21.1. The van der Waals surface area contributed by atoms with Crippen molar-refractivity contribution in [2.75, 3.05) is 10.0 Å². The van der Waals surface area contributed by atoms with Crippen LogP contribution >= 0.6 is 22.9 Å². The van der Waals surface area contributed by atoms with Crippen LogP contribution in [0.5, 0.6) is 0 Å². The molecule has 0 fully saturated rings. The molecule has 10 heteroatoms. The zero-order chi connectivity index (χ0) is 18.7. The highest BCUT2D eigenvalue weighted by Crippen LogP contribution is 2.31. The highest BCUT2D eigenvalue weighted by atomic mass is 35.5. The van der Waals surface area contributed by atoms with Crippen LogP contribution in [0.2, 0.25) is 5.02 Å². The van der Waals surface area contributed by atoms with E-state index in [9.17, 15) is 12.8 Å². The molecule has 0 bridgehead atoms. The molecule has 0 radical (unpaired) electrons. The van der Waals surface area contributed by atoms with Crippen LogP contribution in [0.1, 0.15) is 26.0 Å². The van der Waals surface area contributed by atoms with Gasteiger partial charge in [0.2, 0.25) is 0 Å². The van der Waals surface area contributed by atoms with Crippen molar-refractivity contribution in [3.05, 3.63) is 64.6 Å². The number of thiazole rings is 1. The SMILES string of the molecule is C.C[C@@H](Nc1cc(F)c(S(=O)(=O)Nc2nccs2)cc1Cl)c1cccnc1. The minimum atomic E-state index is -4.13. The second kappa shape index (κ2) is 8.64. The molecule has 0 amide bonds. The first-order chi connectivity index (χ1) is 12.4. The van der Waals surface area contributed by atoms with Crippen LogP contribution in [0.3, 0.4) is 0 Å². The smallest absolute Gasteiger partial charge is 0.266 e. The van der Waals surface area contributed by atoms with E-state index in [-0.39, 0.29) is 29.3 Å². The highest BCUT2D eigenvalue weighted by Gasteiger charge is 2.23. The lowest BCUT2D eigenvalue weighted by molar-refractivity contribution is 0.570. The van der Waals surface area contributed by atoms with Crippen molar-refractivity contribution in [2.45, 2.75) is 25.3 Å². The fraction of sp³-hybridized carbons (Fsp3) is 0.176. The van der Waals surface area contributed by atoms with Crippen molar-refractivity contribution in [3.63, 3.8) is 0 Å². The van der Waals surface area contributed by atoms with Crippen molar-refractivity contribution in [1.82, 2.24) is 9.97 Å². The summed E-state index contributed by atoms with van der Waals surface area (Å²) in [6.07, 6.45) is 4.77. The molecule has 0 aliphatic rings. The molecular weight excluding hydrogens is 411 g/mol. The quantitative estimate of drug-likeness (QED) is 0.580. The lowest BCUT2D eigenvalue weighted by atomic mass is 10.1. The summed E-state index contributed by atoms with van der Waals surface area (Å²) in [5, 5.41) is 4.89. The third kappa shape index (κ3) is 4.94. The van der Waals surface area contributed by atoms with Crippen LogP contribution in [0, 0.1) is 5.82 Å². The van der Waals surface area contributed by atoms with Gasteiger partial charge in [-0.15, -0.1) is 11.3 Å². The van der Waals surface area contributed by atoms with Gasteiger partial charge in [0.05, 0.1) is 16.8 Å². The first-order valence-electron chi connectivity index (χ1n) is 7.44. The molecule has 1 aromatic carbocycles. The van der Waals surface area contributed by atoms with Crippen LogP contribution in [-0.2, 0) is 10.0 Å². The zero-order valence-electron chi connectivity index (χ0n) is 13.5. The lowest BCUT2D eigenvalue weighted by Gasteiger charge is -2.17. The van der Waals surface area contributed by atoms with Gasteiger partial charge in [0, 0.05) is 24.0 Å². The Kier molecular flexibility index (Phi) is 6.74. The number of sulfonamides is 1. The lowest BCUT2D eigenvalue weighted by Crippen LogP contribution is -2.15. The molecule has 2 heterocycles. The Morgan fingerprint density at radius 1 is 1.30 bits per heavy atom. The van der Waals surface area contributed by atoms with E-state index in [0.29, 0.717) is 0 Å². The normalized spacial score (nSPS) is 12.1. The average molecular weight is 429 g/mol. The number of nitrogens with one attached hydrogen (secondary N) is 2. The summed E-state index contributed by atoms with van der Waals surface area (Å²) in [7, 11) is -4.13. The molecule has 6 nitrogen and oxygen atoms in total. The maximum atomic E-state index is 14.5. The predicted octanol–water partition coefficient (Wildman–Crippen LogP) is 4.94. The van der Waals surface area contributed by atoms with Crippen molar-refractivity contribution >= 4 is 43.8 Å². The molecule has 2 N–H and O–H groups in total. The standard InChI is InChI=1S/C16H14ClFN4O2S2.CH4/c1-10(11-3-2-4-19-9-11)21-14-8-13(18)15(7-12(14)17)26(23,24)22-16-20-5-6-25-16;/h2-10,21H,1H3,(H,20,22);1H4/t10-;/m1./s1. The largest absolute Gasteiger partial charge is 0.377 e. The van der Waals surface area contributed by atoms with Gasteiger partial charge in [-0.2, -0.15) is 0 Å². The van der Waals surface area contributed by atoms with Gasteiger partial charge in [0.1, 0.15) is 10.7 Å². The number of anilines is 2. The van der Waals surface area contributed by atoms with Gasteiger partial charge in [-0.1, -0.05) is 25.1 Å². The van der Waals surface area contributed by atoms with Gasteiger partial charge in [-0.05, 0) is 30.7 Å². The van der Waals surface area contributed by atoms with E-state index in [0.717, 1.165) is 29.0 Å². The second-order valence-corrected chi connectivity index (χ2v) is 8.31. The molecule has 0 aliphatic heterocycles. The zero-order valence-corrected chi connectivity index (χ0v) is 15.9. The Hall–Kier alpha value is -2.23. The molecule has 0 aliphatic carbocycles. The predicted molar refractivity (Wildman–Crippen MR) is 107 cm³/mol. The Labute approximate surface area is 166 Å². The molecule has 144 valence electrons. The van der Waals surface area contributed by atoms with E-state index in [1.165, 1.54) is 6.20 Å². The second-order valence-electron chi connectivity index (χ2n) is 5.36. The monoisotopic (exact) mass is 428 g/mol. The minimum absolute atomic E-state index is 0. The number of benzene rings is 1. The number of rotatable bonds is 6. The summed E-state index contributed by atoms with van der Waals surface area (Å²) >= 11 is 7.26. The van der Waals surface area contributed by atoms with Gasteiger partial charge in [-0.3, -0.25) is 9.71 Å². The van der Waals surface area contributed by atoms with Crippen LogP contribution in [0.15, 0.2) is 53.1 Å². The molecule has 0 spiro atoms. The van der Waals surface area contributed by atoms with Crippen LogP contribution < -0.4 is 10.0 Å². The van der Waals surface area contributed by atoms with Crippen LogP contribution in [0.4, 0.5) is 15.2 Å². The van der Waals surface area contributed by atoms with Gasteiger partial charge in [0.15, 0.2) is 5.13 Å². The summed E-state index contributed by atoms with van der Waals surface area (Å²) < 4.78 is 41.4. The molecule has 3 aromatic rings. The Morgan fingerprint density at radius 2 is 2.07 bits per heavy atom. The molecule has 3 rings (SSSR count). The van der Waals surface area contributed by atoms with Crippen molar-refractivity contribution in [2.24, 2.45) is 0 Å². The van der Waals surface area contributed by atoms with Crippen molar-refractivity contribution in [1.29, 1.82) is 0 Å². The van der Waals surface area contributed by atoms with E-state index in [4.69, 9.17) is 11.6 Å².